The van der Waals surface area contributed by atoms with Crippen LogP contribution in [0.4, 0.5) is 5.00 Å². The molecule has 32 heavy (non-hydrogen) atoms. The van der Waals surface area contributed by atoms with Crippen LogP contribution in [0.2, 0.25) is 0 Å². The van der Waals surface area contributed by atoms with Gasteiger partial charge >= 0.3 is 5.97 Å². The molecule has 1 N–H and O–H groups in total. The lowest BCUT2D eigenvalue weighted by molar-refractivity contribution is -0.120. The molecule has 1 fully saturated rings. The summed E-state index contributed by atoms with van der Waals surface area (Å²) in [5, 5.41) is 3.51. The Balaban J connectivity index is 1.42. The van der Waals surface area contributed by atoms with Gasteiger partial charge in [-0.25, -0.2) is 13.2 Å². The van der Waals surface area contributed by atoms with Crippen molar-refractivity contribution in [3.63, 3.8) is 0 Å². The maximum absolute atomic E-state index is 13.0. The molecule has 1 aliphatic heterocycles. The summed E-state index contributed by atoms with van der Waals surface area (Å²) in [6, 6.07) is 6.81. The van der Waals surface area contributed by atoms with Gasteiger partial charge in [-0.05, 0) is 63.6 Å². The van der Waals surface area contributed by atoms with E-state index < -0.39 is 10.0 Å². The molecule has 1 saturated heterocycles. The van der Waals surface area contributed by atoms with E-state index in [0.29, 0.717) is 36.5 Å². The average molecular weight is 477 g/mol. The summed E-state index contributed by atoms with van der Waals surface area (Å²) in [6.07, 6.45) is 3.63. The molecule has 4 rings (SSSR count). The Morgan fingerprint density at radius 3 is 2.50 bits per heavy atom. The van der Waals surface area contributed by atoms with Gasteiger partial charge in [-0.3, -0.25) is 4.79 Å². The van der Waals surface area contributed by atoms with Crippen LogP contribution in [-0.4, -0.2) is 44.3 Å². The topological polar surface area (TPSA) is 92.8 Å². The Bertz CT molecular complexity index is 1110. The highest BCUT2D eigenvalue weighted by molar-refractivity contribution is 7.89. The zero-order chi connectivity index (χ0) is 22.9. The van der Waals surface area contributed by atoms with Gasteiger partial charge in [-0.2, -0.15) is 4.31 Å². The van der Waals surface area contributed by atoms with Crippen LogP contribution in [0, 0.1) is 12.8 Å². The van der Waals surface area contributed by atoms with Crippen molar-refractivity contribution in [1.82, 2.24) is 4.31 Å². The van der Waals surface area contributed by atoms with E-state index in [4.69, 9.17) is 4.74 Å². The van der Waals surface area contributed by atoms with E-state index in [-0.39, 0.29) is 29.3 Å². The number of anilines is 1. The highest BCUT2D eigenvalue weighted by Gasteiger charge is 2.34. The third-order valence-corrected chi connectivity index (χ3v) is 9.24. The van der Waals surface area contributed by atoms with Gasteiger partial charge in [0.2, 0.25) is 15.9 Å². The monoisotopic (exact) mass is 476 g/mol. The molecule has 0 spiro atoms. The lowest BCUT2D eigenvalue weighted by Crippen LogP contribution is -2.41. The molecule has 2 aliphatic rings. The van der Waals surface area contributed by atoms with Crippen molar-refractivity contribution >= 4 is 38.2 Å². The Morgan fingerprint density at radius 2 is 1.84 bits per heavy atom. The molecular weight excluding hydrogens is 448 g/mol. The minimum Gasteiger partial charge on any atom is -0.462 e. The van der Waals surface area contributed by atoms with Gasteiger partial charge in [0.15, 0.2) is 0 Å². The maximum Gasteiger partial charge on any atom is 0.341 e. The molecule has 9 heteroatoms. The predicted molar refractivity (Wildman–Crippen MR) is 124 cm³/mol. The number of carbonyl (C=O) groups is 2. The Labute approximate surface area is 192 Å². The number of fused-ring (bicyclic) bond motifs is 1. The largest absolute Gasteiger partial charge is 0.462 e. The van der Waals surface area contributed by atoms with Gasteiger partial charge in [-0.15, -0.1) is 11.3 Å². The number of ether oxygens (including phenoxy) is 1. The van der Waals surface area contributed by atoms with E-state index in [0.717, 1.165) is 35.3 Å². The van der Waals surface area contributed by atoms with E-state index in [1.54, 1.807) is 31.2 Å². The average Bonchev–Trinajstić information content (AvgIpc) is 3.35. The minimum atomic E-state index is -3.57. The van der Waals surface area contributed by atoms with Gasteiger partial charge in [0.25, 0.3) is 0 Å². The van der Waals surface area contributed by atoms with Crippen LogP contribution >= 0.6 is 11.3 Å². The number of amides is 1. The van der Waals surface area contributed by atoms with Crippen molar-refractivity contribution in [2.75, 3.05) is 25.0 Å². The van der Waals surface area contributed by atoms with E-state index >= 15 is 0 Å². The number of nitrogens with one attached hydrogen (secondary N) is 1. The Hall–Kier alpha value is -2.23. The number of nitrogens with zero attached hydrogens (tertiary/aromatic N) is 1. The van der Waals surface area contributed by atoms with Crippen LogP contribution in [0.1, 0.15) is 52.5 Å². The van der Waals surface area contributed by atoms with Crippen molar-refractivity contribution in [3.8, 4) is 0 Å². The van der Waals surface area contributed by atoms with Crippen molar-refractivity contribution in [2.45, 2.75) is 50.8 Å². The van der Waals surface area contributed by atoms with Crippen molar-refractivity contribution < 1.29 is 22.7 Å². The number of benzene rings is 1. The molecular formula is C23H28N2O5S2. The third kappa shape index (κ3) is 4.46. The number of aryl methyl sites for hydroxylation is 2. The van der Waals surface area contributed by atoms with Gasteiger partial charge in [-0.1, -0.05) is 17.7 Å². The zero-order valence-corrected chi connectivity index (χ0v) is 20.0. The smallest absolute Gasteiger partial charge is 0.341 e. The minimum absolute atomic E-state index is 0.164. The summed E-state index contributed by atoms with van der Waals surface area (Å²) in [4.78, 5) is 26.9. The van der Waals surface area contributed by atoms with Crippen LogP contribution in [-0.2, 0) is 32.4 Å². The zero-order valence-electron chi connectivity index (χ0n) is 18.3. The summed E-state index contributed by atoms with van der Waals surface area (Å²) in [7, 11) is -3.57. The van der Waals surface area contributed by atoms with Crippen molar-refractivity contribution in [1.29, 1.82) is 0 Å². The number of hydrogen-bond donors (Lipinski definition) is 1. The second-order valence-electron chi connectivity index (χ2n) is 8.26. The van der Waals surface area contributed by atoms with Gasteiger partial charge in [0, 0.05) is 23.9 Å². The normalized spacial score (nSPS) is 17.2. The van der Waals surface area contributed by atoms with E-state index in [1.165, 1.54) is 15.6 Å². The van der Waals surface area contributed by atoms with E-state index in [1.807, 2.05) is 6.92 Å². The first-order valence-electron chi connectivity index (χ1n) is 11.0. The molecule has 2 aromatic rings. The molecule has 0 bridgehead atoms. The first kappa shape index (κ1) is 22.9. The molecule has 0 radical (unpaired) electrons. The van der Waals surface area contributed by atoms with Crippen LogP contribution in [0.25, 0.3) is 0 Å². The molecule has 2 heterocycles. The highest BCUT2D eigenvalue weighted by Crippen LogP contribution is 2.40. The Morgan fingerprint density at radius 1 is 1.16 bits per heavy atom. The SMILES string of the molecule is CCOC(=O)c1c(NC(=O)C2CCN(S(=O)(=O)c3ccc(C)cc3)CC2)sc2c1CCC2. The maximum atomic E-state index is 13.0. The molecule has 1 aromatic heterocycles. The van der Waals surface area contributed by atoms with Crippen molar-refractivity contribution in [3.05, 3.63) is 45.8 Å². The fourth-order valence-electron chi connectivity index (χ4n) is 4.34. The molecule has 0 unspecified atom stereocenters. The lowest BCUT2D eigenvalue weighted by atomic mass is 9.97. The number of hydrogen-bond acceptors (Lipinski definition) is 6. The van der Waals surface area contributed by atoms with E-state index in [9.17, 15) is 18.0 Å². The number of thiophene rings is 1. The van der Waals surface area contributed by atoms with E-state index in [2.05, 4.69) is 5.32 Å². The fraction of sp³-hybridized carbons (Fsp3) is 0.478. The molecule has 172 valence electrons. The van der Waals surface area contributed by atoms with Crippen LogP contribution in [0.3, 0.4) is 0 Å². The summed E-state index contributed by atoms with van der Waals surface area (Å²) < 4.78 is 32.5. The molecule has 7 nitrogen and oxygen atoms in total. The number of carbonyl (C=O) groups excluding carboxylic acids is 2. The van der Waals surface area contributed by atoms with Crippen LogP contribution < -0.4 is 5.32 Å². The second kappa shape index (κ2) is 9.33. The van der Waals surface area contributed by atoms with Gasteiger partial charge < -0.3 is 10.1 Å². The van der Waals surface area contributed by atoms with Gasteiger partial charge in [0.1, 0.15) is 5.00 Å². The molecule has 0 saturated carbocycles. The van der Waals surface area contributed by atoms with Crippen LogP contribution in [0.5, 0.6) is 0 Å². The standard InChI is InChI=1S/C23H28N2O5S2/c1-3-30-23(27)20-18-5-4-6-19(18)31-22(20)24-21(26)16-11-13-25(14-12-16)32(28,29)17-9-7-15(2)8-10-17/h7-10,16H,3-6,11-14H2,1-2H3,(H,24,26). The molecule has 1 aromatic carbocycles. The second-order valence-corrected chi connectivity index (χ2v) is 11.3. The lowest BCUT2D eigenvalue weighted by Gasteiger charge is -2.30. The third-order valence-electron chi connectivity index (χ3n) is 6.12. The quantitative estimate of drug-likeness (QED) is 0.641. The number of rotatable bonds is 6. The summed E-state index contributed by atoms with van der Waals surface area (Å²) in [5.41, 5.74) is 2.50. The summed E-state index contributed by atoms with van der Waals surface area (Å²) in [6.45, 7) is 4.54. The first-order valence-corrected chi connectivity index (χ1v) is 13.3. The highest BCUT2D eigenvalue weighted by atomic mass is 32.2. The summed E-state index contributed by atoms with van der Waals surface area (Å²) in [5.74, 6) is -0.851. The Kier molecular flexibility index (Phi) is 6.69. The van der Waals surface area contributed by atoms with Crippen LogP contribution in [0.15, 0.2) is 29.2 Å². The molecule has 1 amide bonds. The number of esters is 1. The number of piperidine rings is 1. The van der Waals surface area contributed by atoms with Crippen molar-refractivity contribution in [2.24, 2.45) is 5.92 Å². The molecule has 0 atom stereocenters. The fourth-order valence-corrected chi connectivity index (χ4v) is 7.09. The predicted octanol–water partition coefficient (Wildman–Crippen LogP) is 3.76. The number of sulfonamides is 1. The summed E-state index contributed by atoms with van der Waals surface area (Å²) >= 11 is 1.46. The molecule has 1 aliphatic carbocycles. The first-order chi connectivity index (χ1) is 15.3. The van der Waals surface area contributed by atoms with Gasteiger partial charge in [0.05, 0.1) is 17.1 Å².